The highest BCUT2D eigenvalue weighted by Gasteiger charge is 2.22. The van der Waals surface area contributed by atoms with Crippen LogP contribution in [0.1, 0.15) is 0 Å². The minimum atomic E-state index is 0.0259. The topological polar surface area (TPSA) is 31.3 Å². The second kappa shape index (κ2) is 11.9. The zero-order valence-electron chi connectivity index (χ0n) is 32.8. The zero-order chi connectivity index (χ0) is 39.9. The van der Waals surface area contributed by atoms with Gasteiger partial charge in [-0.1, -0.05) is 133 Å². The number of pyridine rings is 1. The van der Waals surface area contributed by atoms with Crippen LogP contribution < -0.4 is 5.56 Å². The highest BCUT2D eigenvalue weighted by Crippen LogP contribution is 2.43. The standard InChI is InChI=1S/C57H33N3O/c61-57-45-17-5-4-14-41(45)44-29-28-40(55-46-18-8-11-21-52(46)60(57)56(44)55)36-25-23-34-22-24-35-30-38(26-27-39(35)47(34)31-36)59-51-20-10-7-16-43(51)49-32-48-42-15-6-9-19-50(42)58(53(48)33-54(49)59)37-12-2-1-3-13-37/h1-33H. The molecule has 0 aliphatic heterocycles. The van der Waals surface area contributed by atoms with E-state index in [1.165, 1.54) is 65.2 Å². The summed E-state index contributed by atoms with van der Waals surface area (Å²) in [5.41, 5.74) is 11.2. The fraction of sp³-hybridized carbons (Fsp3) is 0. The van der Waals surface area contributed by atoms with Crippen LogP contribution in [-0.2, 0) is 0 Å². The third-order valence-electron chi connectivity index (χ3n) is 13.3. The predicted molar refractivity (Wildman–Crippen MR) is 256 cm³/mol. The molecule has 0 radical (unpaired) electrons. The molecule has 0 aliphatic carbocycles. The van der Waals surface area contributed by atoms with Crippen LogP contribution in [0.2, 0.25) is 0 Å². The summed E-state index contributed by atoms with van der Waals surface area (Å²) in [7, 11) is 0. The molecule has 0 amide bonds. The van der Waals surface area contributed by atoms with Crippen LogP contribution in [0.25, 0.3) is 126 Å². The van der Waals surface area contributed by atoms with Crippen molar-refractivity contribution in [2.24, 2.45) is 0 Å². The Hall–Kier alpha value is -8.21. The summed E-state index contributed by atoms with van der Waals surface area (Å²) < 4.78 is 6.78. The number of aromatic nitrogens is 3. The van der Waals surface area contributed by atoms with Crippen molar-refractivity contribution in [3.05, 3.63) is 211 Å². The molecule has 0 atom stereocenters. The van der Waals surface area contributed by atoms with Crippen LogP contribution in [0.15, 0.2) is 205 Å². The van der Waals surface area contributed by atoms with E-state index in [9.17, 15) is 4.79 Å². The quantitative estimate of drug-likeness (QED) is 0.164. The normalized spacial score (nSPS) is 12.3. The van der Waals surface area contributed by atoms with E-state index in [4.69, 9.17) is 0 Å². The number of para-hydroxylation sites is 4. The maximum atomic E-state index is 14.1. The maximum Gasteiger partial charge on any atom is 0.263 e. The molecule has 0 saturated carbocycles. The molecule has 282 valence electrons. The lowest BCUT2D eigenvalue weighted by Gasteiger charge is -2.13. The number of rotatable bonds is 3. The minimum absolute atomic E-state index is 0.0259. The van der Waals surface area contributed by atoms with E-state index >= 15 is 0 Å². The number of nitrogens with zero attached hydrogens (tertiary/aromatic N) is 3. The van der Waals surface area contributed by atoms with Gasteiger partial charge in [-0.15, -0.1) is 0 Å². The second-order valence-electron chi connectivity index (χ2n) is 16.4. The summed E-state index contributed by atoms with van der Waals surface area (Å²) in [6, 6.07) is 72.1. The van der Waals surface area contributed by atoms with Crippen molar-refractivity contribution in [3.63, 3.8) is 0 Å². The van der Waals surface area contributed by atoms with Gasteiger partial charge in [0.25, 0.3) is 5.56 Å². The Bertz CT molecular complexity index is 4240. The molecule has 61 heavy (non-hydrogen) atoms. The summed E-state index contributed by atoms with van der Waals surface area (Å²) >= 11 is 0. The van der Waals surface area contributed by atoms with Crippen LogP contribution in [-0.4, -0.2) is 13.5 Å². The van der Waals surface area contributed by atoms with Gasteiger partial charge in [-0.3, -0.25) is 9.20 Å². The van der Waals surface area contributed by atoms with Gasteiger partial charge in [0.2, 0.25) is 0 Å². The fourth-order valence-corrected chi connectivity index (χ4v) is 10.7. The average molecular weight is 776 g/mol. The monoisotopic (exact) mass is 775 g/mol. The fourth-order valence-electron chi connectivity index (χ4n) is 10.7. The first kappa shape index (κ1) is 32.7. The van der Waals surface area contributed by atoms with E-state index in [1.54, 1.807) is 0 Å². The van der Waals surface area contributed by atoms with Gasteiger partial charge in [0, 0.05) is 54.5 Å². The summed E-state index contributed by atoms with van der Waals surface area (Å²) in [4.78, 5) is 14.1. The van der Waals surface area contributed by atoms with Crippen molar-refractivity contribution >= 4 is 103 Å². The smallest absolute Gasteiger partial charge is 0.263 e. The van der Waals surface area contributed by atoms with E-state index in [0.717, 1.165) is 60.5 Å². The van der Waals surface area contributed by atoms with E-state index < -0.39 is 0 Å². The SMILES string of the molecule is O=c1c2ccccc2c2ccc(-c3ccc4ccc5cc(-n6c7ccccc7c7cc8c9ccccc9n(-c9ccccc9)c8cc76)ccc5c4c3)c3c4ccccc4n1c23. The average Bonchev–Trinajstić information content (AvgIpc) is 3.96. The Morgan fingerprint density at radius 2 is 0.902 bits per heavy atom. The van der Waals surface area contributed by atoms with Crippen LogP contribution in [0, 0.1) is 0 Å². The lowest BCUT2D eigenvalue weighted by molar-refractivity contribution is 1.17. The van der Waals surface area contributed by atoms with Gasteiger partial charge < -0.3 is 9.13 Å². The molecule has 14 rings (SSSR count). The predicted octanol–water partition coefficient (Wildman–Crippen LogP) is 14.4. The number of fused-ring (bicyclic) bond motifs is 14. The minimum Gasteiger partial charge on any atom is -0.309 e. The van der Waals surface area contributed by atoms with E-state index in [1.807, 2.05) is 28.7 Å². The molecule has 0 saturated heterocycles. The maximum absolute atomic E-state index is 14.1. The number of hydrogen-bond donors (Lipinski definition) is 0. The Balaban J connectivity index is 0.993. The lowest BCUT2D eigenvalue weighted by atomic mass is 9.93. The lowest BCUT2D eigenvalue weighted by Crippen LogP contribution is -2.12. The van der Waals surface area contributed by atoms with Crippen LogP contribution >= 0.6 is 0 Å². The van der Waals surface area contributed by atoms with E-state index in [0.29, 0.717) is 0 Å². The van der Waals surface area contributed by atoms with Crippen LogP contribution in [0.3, 0.4) is 0 Å². The molecule has 4 heteroatoms. The first-order chi connectivity index (χ1) is 30.2. The summed E-state index contributed by atoms with van der Waals surface area (Å²) in [6.07, 6.45) is 0. The molecule has 0 unspecified atom stereocenters. The molecule has 4 nitrogen and oxygen atoms in total. The molecule has 10 aromatic carbocycles. The first-order valence-electron chi connectivity index (χ1n) is 20.9. The Kier molecular flexibility index (Phi) is 6.40. The molecule has 0 bridgehead atoms. The molecule has 0 aliphatic rings. The van der Waals surface area contributed by atoms with E-state index in [-0.39, 0.29) is 5.56 Å². The van der Waals surface area contributed by atoms with Crippen LogP contribution in [0.4, 0.5) is 0 Å². The molecular formula is C57H33N3O. The van der Waals surface area contributed by atoms with Crippen molar-refractivity contribution in [2.75, 3.05) is 0 Å². The number of hydrogen-bond acceptors (Lipinski definition) is 1. The molecule has 0 spiro atoms. The van der Waals surface area contributed by atoms with Crippen molar-refractivity contribution < 1.29 is 0 Å². The number of benzene rings is 10. The van der Waals surface area contributed by atoms with Gasteiger partial charge in [-0.05, 0) is 105 Å². The van der Waals surface area contributed by atoms with Gasteiger partial charge in [0.05, 0.1) is 33.1 Å². The molecule has 0 N–H and O–H groups in total. The summed E-state index contributed by atoms with van der Waals surface area (Å²) in [5, 5.41) is 14.8. The summed E-state index contributed by atoms with van der Waals surface area (Å²) in [6.45, 7) is 0. The van der Waals surface area contributed by atoms with Gasteiger partial charge >= 0.3 is 0 Å². The first-order valence-corrected chi connectivity index (χ1v) is 20.9. The van der Waals surface area contributed by atoms with Gasteiger partial charge in [-0.2, -0.15) is 0 Å². The van der Waals surface area contributed by atoms with Gasteiger partial charge in [0.1, 0.15) is 0 Å². The highest BCUT2D eigenvalue weighted by molar-refractivity contribution is 6.25. The van der Waals surface area contributed by atoms with Crippen molar-refractivity contribution in [3.8, 4) is 22.5 Å². The second-order valence-corrected chi connectivity index (χ2v) is 16.4. The summed E-state index contributed by atoms with van der Waals surface area (Å²) in [5.74, 6) is 0. The molecular weight excluding hydrogens is 743 g/mol. The molecule has 0 fully saturated rings. The molecule has 14 aromatic rings. The largest absolute Gasteiger partial charge is 0.309 e. The van der Waals surface area contributed by atoms with Gasteiger partial charge in [-0.25, -0.2) is 0 Å². The highest BCUT2D eigenvalue weighted by atomic mass is 16.1. The Morgan fingerprint density at radius 1 is 0.311 bits per heavy atom. The molecule has 4 heterocycles. The Morgan fingerprint density at radius 3 is 1.66 bits per heavy atom. The van der Waals surface area contributed by atoms with E-state index in [2.05, 4.69) is 185 Å². The molecule has 4 aromatic heterocycles. The van der Waals surface area contributed by atoms with Crippen LogP contribution in [0.5, 0.6) is 0 Å². The van der Waals surface area contributed by atoms with Crippen molar-refractivity contribution in [1.29, 1.82) is 0 Å². The van der Waals surface area contributed by atoms with Crippen molar-refractivity contribution in [1.82, 2.24) is 13.5 Å². The zero-order valence-corrected chi connectivity index (χ0v) is 32.8. The van der Waals surface area contributed by atoms with Gasteiger partial charge in [0.15, 0.2) is 0 Å². The van der Waals surface area contributed by atoms with Crippen molar-refractivity contribution in [2.45, 2.75) is 0 Å². The third-order valence-corrected chi connectivity index (χ3v) is 13.3. The third kappa shape index (κ3) is 4.35. The Labute approximate surface area is 348 Å².